The van der Waals surface area contributed by atoms with Crippen LogP contribution in [0.25, 0.3) is 0 Å². The topological polar surface area (TPSA) is 65.0 Å². The maximum absolute atomic E-state index is 12.6. The van der Waals surface area contributed by atoms with Gasteiger partial charge in [-0.05, 0) is 35.7 Å². The standard InChI is InChI=1S/C25H26O5/c1-3-29-25(27)23(19-12-8-5-9-13-19)24(26)20-14-15-21(22(16-20)28-2)30-17-18-10-6-4-7-11-18/h4-16,23-24,26H,3,17H2,1-2H3. The zero-order valence-electron chi connectivity index (χ0n) is 17.2. The van der Waals surface area contributed by atoms with Gasteiger partial charge in [0.15, 0.2) is 11.5 Å². The van der Waals surface area contributed by atoms with Crippen LogP contribution in [0.1, 0.15) is 35.6 Å². The lowest BCUT2D eigenvalue weighted by atomic mass is 9.89. The van der Waals surface area contributed by atoms with Crippen molar-refractivity contribution >= 4 is 5.97 Å². The number of methoxy groups -OCH3 is 1. The predicted molar refractivity (Wildman–Crippen MR) is 115 cm³/mol. The van der Waals surface area contributed by atoms with Gasteiger partial charge in [-0.1, -0.05) is 66.7 Å². The van der Waals surface area contributed by atoms with Gasteiger partial charge >= 0.3 is 5.97 Å². The average molecular weight is 406 g/mol. The van der Waals surface area contributed by atoms with E-state index in [1.54, 1.807) is 44.4 Å². The molecular weight excluding hydrogens is 380 g/mol. The molecule has 5 heteroatoms. The Kier molecular flexibility index (Phi) is 7.46. The van der Waals surface area contributed by atoms with Crippen LogP contribution in [0, 0.1) is 0 Å². The first-order chi connectivity index (χ1) is 14.6. The summed E-state index contributed by atoms with van der Waals surface area (Å²) in [7, 11) is 1.54. The van der Waals surface area contributed by atoms with Gasteiger partial charge in [0.25, 0.3) is 0 Å². The molecule has 0 radical (unpaired) electrons. The van der Waals surface area contributed by atoms with Gasteiger partial charge in [0.05, 0.1) is 19.8 Å². The molecule has 30 heavy (non-hydrogen) atoms. The minimum absolute atomic E-state index is 0.241. The first-order valence-corrected chi connectivity index (χ1v) is 9.88. The molecule has 1 N–H and O–H groups in total. The number of hydrogen-bond donors (Lipinski definition) is 1. The second-order valence-corrected chi connectivity index (χ2v) is 6.77. The lowest BCUT2D eigenvalue weighted by Gasteiger charge is -2.23. The number of esters is 1. The number of ether oxygens (including phenoxy) is 3. The summed E-state index contributed by atoms with van der Waals surface area (Å²) in [4.78, 5) is 12.6. The van der Waals surface area contributed by atoms with Crippen LogP contribution in [0.2, 0.25) is 0 Å². The summed E-state index contributed by atoms with van der Waals surface area (Å²) in [6, 6.07) is 24.1. The molecule has 2 atom stereocenters. The van der Waals surface area contributed by atoms with E-state index in [1.807, 2.05) is 48.5 Å². The first kappa shape index (κ1) is 21.4. The van der Waals surface area contributed by atoms with Gasteiger partial charge in [-0.15, -0.1) is 0 Å². The van der Waals surface area contributed by atoms with Crippen molar-refractivity contribution < 1.29 is 24.1 Å². The van der Waals surface area contributed by atoms with E-state index in [1.165, 1.54) is 0 Å². The molecule has 0 aliphatic heterocycles. The number of aliphatic hydroxyl groups excluding tert-OH is 1. The van der Waals surface area contributed by atoms with E-state index in [9.17, 15) is 9.90 Å². The number of carbonyl (C=O) groups is 1. The maximum atomic E-state index is 12.6. The van der Waals surface area contributed by atoms with Crippen LogP contribution in [0.5, 0.6) is 11.5 Å². The van der Waals surface area contributed by atoms with E-state index in [0.29, 0.717) is 29.2 Å². The molecule has 0 aliphatic rings. The third-order valence-electron chi connectivity index (χ3n) is 4.78. The fraction of sp³-hybridized carbons (Fsp3) is 0.240. The molecule has 0 aromatic heterocycles. The van der Waals surface area contributed by atoms with E-state index in [0.717, 1.165) is 5.56 Å². The molecule has 0 saturated heterocycles. The minimum atomic E-state index is -1.09. The van der Waals surface area contributed by atoms with E-state index < -0.39 is 18.0 Å². The molecule has 3 aromatic carbocycles. The van der Waals surface area contributed by atoms with Gasteiger partial charge in [-0.2, -0.15) is 0 Å². The number of hydrogen-bond acceptors (Lipinski definition) is 5. The highest BCUT2D eigenvalue weighted by Gasteiger charge is 2.31. The summed E-state index contributed by atoms with van der Waals surface area (Å²) >= 11 is 0. The molecule has 2 unspecified atom stereocenters. The molecule has 0 fully saturated rings. The van der Waals surface area contributed by atoms with E-state index in [2.05, 4.69) is 0 Å². The fourth-order valence-corrected chi connectivity index (χ4v) is 3.25. The quantitative estimate of drug-likeness (QED) is 0.524. The Morgan fingerprint density at radius 2 is 1.57 bits per heavy atom. The molecule has 0 spiro atoms. The van der Waals surface area contributed by atoms with Crippen molar-refractivity contribution in [2.75, 3.05) is 13.7 Å². The van der Waals surface area contributed by atoms with Crippen LogP contribution >= 0.6 is 0 Å². The van der Waals surface area contributed by atoms with E-state index in [4.69, 9.17) is 14.2 Å². The molecule has 0 saturated carbocycles. The first-order valence-electron chi connectivity index (χ1n) is 9.88. The second kappa shape index (κ2) is 10.5. The molecule has 0 aliphatic carbocycles. The number of carbonyl (C=O) groups excluding carboxylic acids is 1. The molecule has 5 nitrogen and oxygen atoms in total. The Morgan fingerprint density at radius 1 is 0.900 bits per heavy atom. The molecular formula is C25H26O5. The summed E-state index contributed by atoms with van der Waals surface area (Å²) in [5, 5.41) is 11.1. The van der Waals surface area contributed by atoms with Crippen molar-refractivity contribution in [1.29, 1.82) is 0 Å². The van der Waals surface area contributed by atoms with Gasteiger partial charge in [-0.25, -0.2) is 0 Å². The van der Waals surface area contributed by atoms with Gasteiger partial charge in [-0.3, -0.25) is 4.79 Å². The van der Waals surface area contributed by atoms with Crippen molar-refractivity contribution in [3.63, 3.8) is 0 Å². The Morgan fingerprint density at radius 3 is 2.20 bits per heavy atom. The lowest BCUT2D eigenvalue weighted by molar-refractivity contribution is -0.148. The highest BCUT2D eigenvalue weighted by molar-refractivity contribution is 5.79. The number of aliphatic hydroxyl groups is 1. The normalized spacial score (nSPS) is 12.6. The highest BCUT2D eigenvalue weighted by atomic mass is 16.5. The van der Waals surface area contributed by atoms with Gasteiger partial charge in [0.1, 0.15) is 12.5 Å². The van der Waals surface area contributed by atoms with Crippen LogP contribution in [0.3, 0.4) is 0 Å². The van der Waals surface area contributed by atoms with Gasteiger partial charge < -0.3 is 19.3 Å². The summed E-state index contributed by atoms with van der Waals surface area (Å²) in [5.41, 5.74) is 2.27. The summed E-state index contributed by atoms with van der Waals surface area (Å²) in [6.07, 6.45) is -1.09. The third-order valence-corrected chi connectivity index (χ3v) is 4.78. The largest absolute Gasteiger partial charge is 0.493 e. The molecule has 3 rings (SSSR count). The zero-order valence-corrected chi connectivity index (χ0v) is 17.2. The monoisotopic (exact) mass is 406 g/mol. The van der Waals surface area contributed by atoms with Crippen molar-refractivity contribution in [3.8, 4) is 11.5 Å². The molecule has 156 valence electrons. The summed E-state index contributed by atoms with van der Waals surface area (Å²) in [5.74, 6) is -0.269. The van der Waals surface area contributed by atoms with Gasteiger partial charge in [0.2, 0.25) is 0 Å². The Labute approximate surface area is 176 Å². The maximum Gasteiger partial charge on any atom is 0.316 e. The van der Waals surface area contributed by atoms with Crippen LogP contribution in [0.4, 0.5) is 0 Å². The van der Waals surface area contributed by atoms with E-state index in [-0.39, 0.29) is 6.61 Å². The average Bonchev–Trinajstić information content (AvgIpc) is 2.79. The molecule has 0 amide bonds. The van der Waals surface area contributed by atoms with Crippen LogP contribution < -0.4 is 9.47 Å². The van der Waals surface area contributed by atoms with Gasteiger partial charge in [0, 0.05) is 0 Å². The third kappa shape index (κ3) is 5.19. The van der Waals surface area contributed by atoms with Crippen LogP contribution in [-0.4, -0.2) is 24.8 Å². The Balaban J connectivity index is 1.84. The van der Waals surface area contributed by atoms with Crippen molar-refractivity contribution in [3.05, 3.63) is 95.6 Å². The molecule has 3 aromatic rings. The second-order valence-electron chi connectivity index (χ2n) is 6.77. The Bertz CT molecular complexity index is 940. The van der Waals surface area contributed by atoms with Crippen molar-refractivity contribution in [1.82, 2.24) is 0 Å². The van der Waals surface area contributed by atoms with E-state index >= 15 is 0 Å². The SMILES string of the molecule is CCOC(=O)C(c1ccccc1)C(O)c1ccc(OCc2ccccc2)c(OC)c1. The summed E-state index contributed by atoms with van der Waals surface area (Å²) in [6.45, 7) is 2.38. The lowest BCUT2D eigenvalue weighted by Crippen LogP contribution is -2.23. The molecule has 0 heterocycles. The number of rotatable bonds is 9. The van der Waals surface area contributed by atoms with Crippen molar-refractivity contribution in [2.45, 2.75) is 25.6 Å². The molecule has 0 bridgehead atoms. The predicted octanol–water partition coefficient (Wildman–Crippen LogP) is 4.65. The smallest absolute Gasteiger partial charge is 0.316 e. The fourth-order valence-electron chi connectivity index (χ4n) is 3.25. The minimum Gasteiger partial charge on any atom is -0.493 e. The van der Waals surface area contributed by atoms with Crippen molar-refractivity contribution in [2.24, 2.45) is 0 Å². The Hall–Kier alpha value is -3.31. The van der Waals surface area contributed by atoms with Crippen LogP contribution in [-0.2, 0) is 16.1 Å². The van der Waals surface area contributed by atoms with Crippen LogP contribution in [0.15, 0.2) is 78.9 Å². The number of benzene rings is 3. The summed E-state index contributed by atoms with van der Waals surface area (Å²) < 4.78 is 16.6. The highest BCUT2D eigenvalue weighted by Crippen LogP contribution is 2.37. The zero-order chi connectivity index (χ0) is 21.3.